The first-order chi connectivity index (χ1) is 10.0. The lowest BCUT2D eigenvalue weighted by Gasteiger charge is -2.23. The molecular weight excluding hydrogens is 286 g/mol. The van der Waals surface area contributed by atoms with E-state index >= 15 is 0 Å². The first-order valence-corrected chi connectivity index (χ1v) is 8.42. The molecule has 2 heterocycles. The van der Waals surface area contributed by atoms with E-state index in [-0.39, 0.29) is 12.0 Å². The van der Waals surface area contributed by atoms with Gasteiger partial charge >= 0.3 is 0 Å². The van der Waals surface area contributed by atoms with E-state index in [0.717, 1.165) is 18.1 Å². The Morgan fingerprint density at radius 3 is 2.43 bits per heavy atom. The Morgan fingerprint density at radius 1 is 1.29 bits per heavy atom. The van der Waals surface area contributed by atoms with Gasteiger partial charge in [0.1, 0.15) is 15.6 Å². The number of nitrogen functional groups attached to an aromatic ring is 1. The summed E-state index contributed by atoms with van der Waals surface area (Å²) in [6.07, 6.45) is 4.91. The summed E-state index contributed by atoms with van der Waals surface area (Å²) in [5.41, 5.74) is 6.64. The molecule has 1 aromatic heterocycles. The molecule has 5 nitrogen and oxygen atoms in total. The van der Waals surface area contributed by atoms with Crippen LogP contribution < -0.4 is 20.7 Å². The lowest BCUT2D eigenvalue weighted by atomic mass is 10.2. The van der Waals surface area contributed by atoms with Gasteiger partial charge in [-0.3, -0.25) is 4.79 Å². The first kappa shape index (κ1) is 15.9. The SMILES string of the molecule is CNC(=O)c1sc(N2CCCCCC2)c(OC(C)C)c1N. The molecule has 6 heteroatoms. The van der Waals surface area contributed by atoms with Crippen molar-refractivity contribution in [3.8, 4) is 5.75 Å². The zero-order valence-electron chi connectivity index (χ0n) is 13.1. The second kappa shape index (κ2) is 7.02. The third kappa shape index (κ3) is 3.61. The van der Waals surface area contributed by atoms with E-state index in [1.807, 2.05) is 13.8 Å². The monoisotopic (exact) mass is 311 g/mol. The van der Waals surface area contributed by atoms with Crippen molar-refractivity contribution in [3.63, 3.8) is 0 Å². The van der Waals surface area contributed by atoms with Crippen molar-refractivity contribution < 1.29 is 9.53 Å². The van der Waals surface area contributed by atoms with Gasteiger partial charge in [-0.2, -0.15) is 0 Å². The molecule has 0 unspecified atom stereocenters. The molecule has 0 spiro atoms. The third-order valence-corrected chi connectivity index (χ3v) is 4.81. The van der Waals surface area contributed by atoms with Gasteiger partial charge in [-0.25, -0.2) is 0 Å². The normalized spacial score (nSPS) is 15.9. The van der Waals surface area contributed by atoms with E-state index in [1.54, 1.807) is 7.05 Å². The summed E-state index contributed by atoms with van der Waals surface area (Å²) in [5.74, 6) is 0.530. The van der Waals surface area contributed by atoms with Crippen molar-refractivity contribution in [2.75, 3.05) is 30.8 Å². The van der Waals surface area contributed by atoms with E-state index in [4.69, 9.17) is 10.5 Å². The van der Waals surface area contributed by atoms with Crippen LogP contribution >= 0.6 is 11.3 Å². The average molecular weight is 311 g/mol. The summed E-state index contributed by atoms with van der Waals surface area (Å²) >= 11 is 1.44. The Balaban J connectivity index is 2.38. The topological polar surface area (TPSA) is 67.6 Å². The fraction of sp³-hybridized carbons (Fsp3) is 0.667. The highest BCUT2D eigenvalue weighted by Gasteiger charge is 2.26. The molecule has 1 aliphatic heterocycles. The minimum atomic E-state index is -0.146. The Hall–Kier alpha value is -1.43. The Morgan fingerprint density at radius 2 is 1.90 bits per heavy atom. The molecule has 0 atom stereocenters. The van der Waals surface area contributed by atoms with Gasteiger partial charge in [0.25, 0.3) is 5.91 Å². The van der Waals surface area contributed by atoms with Crippen LogP contribution in [0.25, 0.3) is 0 Å². The van der Waals surface area contributed by atoms with Crippen molar-refractivity contribution in [2.24, 2.45) is 0 Å². The number of ether oxygens (including phenoxy) is 1. The first-order valence-electron chi connectivity index (χ1n) is 7.60. The van der Waals surface area contributed by atoms with Crippen molar-refractivity contribution in [2.45, 2.75) is 45.6 Å². The largest absolute Gasteiger partial charge is 0.486 e. The average Bonchev–Trinajstić information content (AvgIpc) is 2.67. The number of carbonyl (C=O) groups excluding carboxylic acids is 1. The van der Waals surface area contributed by atoms with Crippen LogP contribution in [0.15, 0.2) is 0 Å². The zero-order valence-corrected chi connectivity index (χ0v) is 13.9. The van der Waals surface area contributed by atoms with E-state index < -0.39 is 0 Å². The van der Waals surface area contributed by atoms with Gasteiger partial charge in [-0.15, -0.1) is 11.3 Å². The zero-order chi connectivity index (χ0) is 15.4. The quantitative estimate of drug-likeness (QED) is 0.897. The van der Waals surface area contributed by atoms with E-state index in [2.05, 4.69) is 10.2 Å². The van der Waals surface area contributed by atoms with Gasteiger partial charge in [0.15, 0.2) is 5.75 Å². The lowest BCUT2D eigenvalue weighted by Crippen LogP contribution is -2.24. The predicted octanol–water partition coefficient (Wildman–Crippen LogP) is 2.86. The number of nitrogens with two attached hydrogens (primary N) is 1. The van der Waals surface area contributed by atoms with E-state index in [0.29, 0.717) is 16.3 Å². The maximum absolute atomic E-state index is 12.0. The molecular formula is C15H25N3O2S. The van der Waals surface area contributed by atoms with Crippen LogP contribution in [-0.2, 0) is 0 Å². The summed E-state index contributed by atoms with van der Waals surface area (Å²) in [5, 5.41) is 3.65. The van der Waals surface area contributed by atoms with Crippen LogP contribution in [0.4, 0.5) is 10.7 Å². The molecule has 3 N–H and O–H groups in total. The molecule has 2 rings (SSSR count). The van der Waals surface area contributed by atoms with Crippen molar-refractivity contribution in [3.05, 3.63) is 4.88 Å². The molecule has 0 saturated carbocycles. The minimum Gasteiger partial charge on any atom is -0.486 e. The number of rotatable bonds is 4. The molecule has 21 heavy (non-hydrogen) atoms. The van der Waals surface area contributed by atoms with Crippen molar-refractivity contribution in [1.29, 1.82) is 0 Å². The maximum atomic E-state index is 12.0. The highest BCUT2D eigenvalue weighted by atomic mass is 32.1. The number of hydrogen-bond acceptors (Lipinski definition) is 5. The van der Waals surface area contributed by atoms with Gasteiger partial charge in [0.05, 0.1) is 6.10 Å². The Bertz CT molecular complexity index is 491. The minimum absolute atomic E-state index is 0.0326. The highest BCUT2D eigenvalue weighted by molar-refractivity contribution is 7.19. The molecule has 1 saturated heterocycles. The molecule has 0 aliphatic carbocycles. The van der Waals surface area contributed by atoms with Crippen molar-refractivity contribution >= 4 is 27.9 Å². The summed E-state index contributed by atoms with van der Waals surface area (Å²) in [6.45, 7) is 5.95. The third-order valence-electron chi connectivity index (χ3n) is 3.56. The van der Waals surface area contributed by atoms with Crippen LogP contribution in [0.1, 0.15) is 49.2 Å². The fourth-order valence-electron chi connectivity index (χ4n) is 2.53. The van der Waals surface area contributed by atoms with Gasteiger partial charge in [-0.05, 0) is 26.7 Å². The van der Waals surface area contributed by atoms with E-state index in [9.17, 15) is 4.79 Å². The molecule has 0 bridgehead atoms. The highest BCUT2D eigenvalue weighted by Crippen LogP contribution is 2.45. The fourth-order valence-corrected chi connectivity index (χ4v) is 3.68. The molecule has 1 aliphatic rings. The van der Waals surface area contributed by atoms with Gasteiger partial charge in [0.2, 0.25) is 0 Å². The molecule has 1 amide bonds. The number of thiophene rings is 1. The summed E-state index contributed by atoms with van der Waals surface area (Å²) in [4.78, 5) is 14.8. The number of amides is 1. The van der Waals surface area contributed by atoms with Crippen LogP contribution in [-0.4, -0.2) is 32.1 Å². The van der Waals surface area contributed by atoms with Crippen LogP contribution in [0.5, 0.6) is 5.75 Å². The van der Waals surface area contributed by atoms with Crippen LogP contribution in [0.3, 0.4) is 0 Å². The van der Waals surface area contributed by atoms with Gasteiger partial charge < -0.3 is 20.7 Å². The van der Waals surface area contributed by atoms with Crippen molar-refractivity contribution in [1.82, 2.24) is 5.32 Å². The number of hydrogen-bond donors (Lipinski definition) is 2. The summed E-state index contributed by atoms with van der Waals surface area (Å²) in [7, 11) is 1.62. The summed E-state index contributed by atoms with van der Waals surface area (Å²) in [6, 6.07) is 0. The molecule has 1 fully saturated rings. The molecule has 118 valence electrons. The number of anilines is 2. The Labute approximate surface area is 130 Å². The predicted molar refractivity (Wildman–Crippen MR) is 88.6 cm³/mol. The second-order valence-corrected chi connectivity index (χ2v) is 6.63. The molecule has 0 aromatic carbocycles. The molecule has 0 radical (unpaired) electrons. The van der Waals surface area contributed by atoms with Crippen LogP contribution in [0, 0.1) is 0 Å². The van der Waals surface area contributed by atoms with Gasteiger partial charge in [0, 0.05) is 20.1 Å². The molecule has 1 aromatic rings. The van der Waals surface area contributed by atoms with E-state index in [1.165, 1.54) is 37.0 Å². The Kier molecular flexibility index (Phi) is 5.33. The van der Waals surface area contributed by atoms with Gasteiger partial charge in [-0.1, -0.05) is 12.8 Å². The number of nitrogens with one attached hydrogen (secondary N) is 1. The van der Waals surface area contributed by atoms with Crippen LogP contribution in [0.2, 0.25) is 0 Å². The number of carbonyl (C=O) groups is 1. The maximum Gasteiger partial charge on any atom is 0.263 e. The second-order valence-electron chi connectivity index (χ2n) is 5.63. The summed E-state index contributed by atoms with van der Waals surface area (Å²) < 4.78 is 5.91. The lowest BCUT2D eigenvalue weighted by molar-refractivity contribution is 0.0967. The standard InChI is InChI=1S/C15H25N3O2S/c1-10(2)20-12-11(16)13(14(19)17-3)21-15(12)18-8-6-4-5-7-9-18/h10H,4-9,16H2,1-3H3,(H,17,19). The number of nitrogens with zero attached hydrogens (tertiary/aromatic N) is 1. The smallest absolute Gasteiger partial charge is 0.263 e.